The lowest BCUT2D eigenvalue weighted by atomic mass is 10.2. The second-order valence-corrected chi connectivity index (χ2v) is 6.24. The fourth-order valence-electron chi connectivity index (χ4n) is 1.69. The Hall–Kier alpha value is -1.12. The summed E-state index contributed by atoms with van der Waals surface area (Å²) >= 11 is 0. The van der Waals surface area contributed by atoms with E-state index in [0.717, 1.165) is 18.2 Å². The SMILES string of the molecule is CNCC(C)CNS(=O)(=O)c1ccccc1C(F)(F)F. The van der Waals surface area contributed by atoms with Crippen molar-refractivity contribution in [2.24, 2.45) is 5.92 Å². The molecule has 0 amide bonds. The van der Waals surface area contributed by atoms with Gasteiger partial charge in [0.15, 0.2) is 0 Å². The lowest BCUT2D eigenvalue weighted by Crippen LogP contribution is -2.33. The molecule has 0 spiro atoms. The van der Waals surface area contributed by atoms with E-state index in [1.807, 2.05) is 0 Å². The minimum Gasteiger partial charge on any atom is -0.319 e. The van der Waals surface area contributed by atoms with Crippen molar-refractivity contribution in [3.8, 4) is 0 Å². The summed E-state index contributed by atoms with van der Waals surface area (Å²) in [6.45, 7) is 2.41. The molecule has 0 aliphatic heterocycles. The van der Waals surface area contributed by atoms with Crippen LogP contribution in [0.2, 0.25) is 0 Å². The summed E-state index contributed by atoms with van der Waals surface area (Å²) < 4.78 is 64.5. The van der Waals surface area contributed by atoms with E-state index in [0.29, 0.717) is 6.54 Å². The summed E-state index contributed by atoms with van der Waals surface area (Å²) in [7, 11) is -2.47. The molecule has 114 valence electrons. The molecule has 20 heavy (non-hydrogen) atoms. The predicted molar refractivity (Wildman–Crippen MR) is 69.7 cm³/mol. The zero-order chi connectivity index (χ0) is 15.4. The van der Waals surface area contributed by atoms with Gasteiger partial charge in [0.25, 0.3) is 0 Å². The lowest BCUT2D eigenvalue weighted by molar-refractivity contribution is -0.139. The molecule has 0 aromatic heterocycles. The maximum Gasteiger partial charge on any atom is 0.417 e. The van der Waals surface area contributed by atoms with Gasteiger partial charge >= 0.3 is 6.18 Å². The van der Waals surface area contributed by atoms with Crippen LogP contribution in [0, 0.1) is 5.92 Å². The van der Waals surface area contributed by atoms with Crippen LogP contribution in [0.3, 0.4) is 0 Å². The molecular formula is C12H17F3N2O2S. The molecule has 1 aromatic carbocycles. The smallest absolute Gasteiger partial charge is 0.319 e. The first-order valence-electron chi connectivity index (χ1n) is 5.99. The fourth-order valence-corrected chi connectivity index (χ4v) is 3.08. The predicted octanol–water partition coefficient (Wildman–Crippen LogP) is 1.84. The first kappa shape index (κ1) is 16.9. The zero-order valence-corrected chi connectivity index (χ0v) is 12.0. The minimum absolute atomic E-state index is 0.0344. The average molecular weight is 310 g/mol. The van der Waals surface area contributed by atoms with Crippen molar-refractivity contribution in [2.45, 2.75) is 18.0 Å². The number of benzene rings is 1. The van der Waals surface area contributed by atoms with Crippen LogP contribution in [0.1, 0.15) is 12.5 Å². The molecule has 0 heterocycles. The van der Waals surface area contributed by atoms with E-state index in [4.69, 9.17) is 0 Å². The number of hydrogen-bond acceptors (Lipinski definition) is 3. The van der Waals surface area contributed by atoms with Crippen molar-refractivity contribution < 1.29 is 21.6 Å². The Bertz CT molecular complexity index is 544. The first-order valence-corrected chi connectivity index (χ1v) is 7.47. The van der Waals surface area contributed by atoms with Crippen molar-refractivity contribution in [2.75, 3.05) is 20.1 Å². The Labute approximate surface area is 116 Å². The Kier molecular flexibility index (Phi) is 5.55. The minimum atomic E-state index is -4.71. The third-order valence-corrected chi connectivity index (χ3v) is 4.14. The van der Waals surface area contributed by atoms with E-state index < -0.39 is 26.7 Å². The Morgan fingerprint density at radius 3 is 2.35 bits per heavy atom. The zero-order valence-electron chi connectivity index (χ0n) is 11.2. The Balaban J connectivity index is 2.99. The molecule has 0 aliphatic rings. The highest BCUT2D eigenvalue weighted by Crippen LogP contribution is 2.33. The van der Waals surface area contributed by atoms with Crippen LogP contribution in [0.25, 0.3) is 0 Å². The van der Waals surface area contributed by atoms with Crippen molar-refractivity contribution in [1.29, 1.82) is 0 Å². The van der Waals surface area contributed by atoms with Crippen molar-refractivity contribution in [1.82, 2.24) is 10.0 Å². The molecule has 0 fully saturated rings. The number of nitrogens with one attached hydrogen (secondary N) is 2. The van der Waals surface area contributed by atoms with E-state index in [9.17, 15) is 21.6 Å². The average Bonchev–Trinajstić information content (AvgIpc) is 2.36. The summed E-state index contributed by atoms with van der Waals surface area (Å²) in [5, 5.41) is 2.86. The van der Waals surface area contributed by atoms with Crippen molar-refractivity contribution in [3.05, 3.63) is 29.8 Å². The van der Waals surface area contributed by atoms with Crippen LogP contribution >= 0.6 is 0 Å². The molecule has 1 rings (SSSR count). The quantitative estimate of drug-likeness (QED) is 0.843. The molecule has 0 saturated heterocycles. The Morgan fingerprint density at radius 2 is 1.80 bits per heavy atom. The van der Waals surface area contributed by atoms with Gasteiger partial charge in [-0.25, -0.2) is 13.1 Å². The van der Waals surface area contributed by atoms with Gasteiger partial charge in [0, 0.05) is 6.54 Å². The second-order valence-electron chi connectivity index (χ2n) is 4.51. The summed E-state index contributed by atoms with van der Waals surface area (Å²) in [5.41, 5.74) is -1.16. The van der Waals surface area contributed by atoms with Crippen LogP contribution in [-0.4, -0.2) is 28.6 Å². The van der Waals surface area contributed by atoms with Gasteiger partial charge in [-0.3, -0.25) is 0 Å². The molecule has 0 saturated carbocycles. The molecule has 0 aliphatic carbocycles. The van der Waals surface area contributed by atoms with E-state index in [2.05, 4.69) is 10.0 Å². The summed E-state index contributed by atoms with van der Waals surface area (Å²) in [6, 6.07) is 4.13. The third-order valence-electron chi connectivity index (χ3n) is 2.66. The first-order chi connectivity index (χ1) is 9.18. The highest BCUT2D eigenvalue weighted by Gasteiger charge is 2.36. The molecule has 2 N–H and O–H groups in total. The number of rotatable bonds is 6. The fraction of sp³-hybridized carbons (Fsp3) is 0.500. The standard InChI is InChI=1S/C12H17F3N2O2S/c1-9(7-16-2)8-17-20(18,19)11-6-4-3-5-10(11)12(13,14)15/h3-6,9,16-17H,7-8H2,1-2H3. The third kappa shape index (κ3) is 4.46. The van der Waals surface area contributed by atoms with Crippen molar-refractivity contribution in [3.63, 3.8) is 0 Å². The van der Waals surface area contributed by atoms with Gasteiger partial charge in [-0.2, -0.15) is 13.2 Å². The lowest BCUT2D eigenvalue weighted by Gasteiger charge is -2.15. The van der Waals surface area contributed by atoms with E-state index >= 15 is 0 Å². The van der Waals surface area contributed by atoms with E-state index in [-0.39, 0.29) is 12.5 Å². The highest BCUT2D eigenvalue weighted by molar-refractivity contribution is 7.89. The number of halogens is 3. The highest BCUT2D eigenvalue weighted by atomic mass is 32.2. The molecule has 1 aromatic rings. The topological polar surface area (TPSA) is 58.2 Å². The monoisotopic (exact) mass is 310 g/mol. The molecule has 1 atom stereocenters. The number of hydrogen-bond donors (Lipinski definition) is 2. The van der Waals surface area contributed by atoms with Crippen LogP contribution in [0.4, 0.5) is 13.2 Å². The largest absolute Gasteiger partial charge is 0.417 e. The van der Waals surface area contributed by atoms with Crippen molar-refractivity contribution >= 4 is 10.0 Å². The molecule has 8 heteroatoms. The molecule has 0 bridgehead atoms. The maximum atomic E-state index is 12.8. The number of alkyl halides is 3. The van der Waals surface area contributed by atoms with Gasteiger partial charge in [-0.15, -0.1) is 0 Å². The van der Waals surface area contributed by atoms with E-state index in [1.165, 1.54) is 6.07 Å². The summed E-state index contributed by atoms with van der Waals surface area (Å²) in [6.07, 6.45) is -4.71. The van der Waals surface area contributed by atoms with Crippen LogP contribution in [0.15, 0.2) is 29.2 Å². The van der Waals surface area contributed by atoms with Crippen LogP contribution in [-0.2, 0) is 16.2 Å². The summed E-state index contributed by atoms with van der Waals surface area (Å²) in [5.74, 6) is -0.0344. The molecule has 4 nitrogen and oxygen atoms in total. The number of sulfonamides is 1. The van der Waals surface area contributed by atoms with Gasteiger partial charge in [0.2, 0.25) is 10.0 Å². The second kappa shape index (κ2) is 6.55. The van der Waals surface area contributed by atoms with E-state index in [1.54, 1.807) is 14.0 Å². The van der Waals surface area contributed by atoms with Gasteiger partial charge in [-0.1, -0.05) is 19.1 Å². The van der Waals surface area contributed by atoms with Crippen LogP contribution < -0.4 is 10.0 Å². The molecular weight excluding hydrogens is 293 g/mol. The van der Waals surface area contributed by atoms with Crippen LogP contribution in [0.5, 0.6) is 0 Å². The Morgan fingerprint density at radius 1 is 1.20 bits per heavy atom. The molecule has 0 radical (unpaired) electrons. The maximum absolute atomic E-state index is 12.8. The van der Waals surface area contributed by atoms with Gasteiger partial charge in [-0.05, 0) is 31.6 Å². The van der Waals surface area contributed by atoms with Gasteiger partial charge in [0.05, 0.1) is 10.5 Å². The normalized spacial score (nSPS) is 14.2. The van der Waals surface area contributed by atoms with Gasteiger partial charge < -0.3 is 5.32 Å². The summed E-state index contributed by atoms with van der Waals surface area (Å²) in [4.78, 5) is -0.746. The molecule has 1 unspecified atom stereocenters. The van der Waals surface area contributed by atoms with Gasteiger partial charge in [0.1, 0.15) is 0 Å².